The van der Waals surface area contributed by atoms with E-state index in [2.05, 4.69) is 29.4 Å². The number of hydrogen-bond acceptors (Lipinski definition) is 4. The van der Waals surface area contributed by atoms with E-state index < -0.39 is 0 Å². The lowest BCUT2D eigenvalue weighted by atomic mass is 10.1. The number of halogens is 1. The van der Waals surface area contributed by atoms with Gasteiger partial charge >= 0.3 is 0 Å². The molecular formula is C10H16ClN3O. The largest absolute Gasteiger partial charge is 0.391 e. The highest BCUT2D eigenvalue weighted by atomic mass is 35.5. The number of nitrogens with zero attached hydrogens (tertiary/aromatic N) is 2. The van der Waals surface area contributed by atoms with Gasteiger partial charge in [0, 0.05) is 6.54 Å². The number of aliphatic hydroxyl groups excluding tert-OH is 1. The molecule has 84 valence electrons. The molecule has 1 unspecified atom stereocenters. The number of anilines is 1. The molecule has 1 aromatic rings. The van der Waals surface area contributed by atoms with Gasteiger partial charge in [0.15, 0.2) is 5.15 Å². The van der Waals surface area contributed by atoms with E-state index in [-0.39, 0.29) is 6.10 Å². The quantitative estimate of drug-likeness (QED) is 0.810. The Bertz CT molecular complexity index is 289. The van der Waals surface area contributed by atoms with Crippen molar-refractivity contribution >= 4 is 17.4 Å². The first-order valence-corrected chi connectivity index (χ1v) is 5.37. The summed E-state index contributed by atoms with van der Waals surface area (Å²) >= 11 is 5.59. The first kappa shape index (κ1) is 12.2. The zero-order valence-corrected chi connectivity index (χ0v) is 9.70. The lowest BCUT2D eigenvalue weighted by molar-refractivity contribution is 0.161. The summed E-state index contributed by atoms with van der Waals surface area (Å²) in [5.41, 5.74) is 0. The van der Waals surface area contributed by atoms with Crippen molar-refractivity contribution in [1.29, 1.82) is 0 Å². The van der Waals surface area contributed by atoms with Gasteiger partial charge in [-0.05, 0) is 24.5 Å². The highest BCUT2D eigenvalue weighted by molar-refractivity contribution is 6.29. The normalized spacial score (nSPS) is 12.9. The number of aliphatic hydroxyl groups is 1. The Kier molecular flexibility index (Phi) is 4.78. The van der Waals surface area contributed by atoms with Crippen LogP contribution in [0.1, 0.15) is 20.3 Å². The van der Waals surface area contributed by atoms with E-state index in [1.807, 2.05) is 0 Å². The predicted octanol–water partition coefficient (Wildman–Crippen LogP) is 1.95. The summed E-state index contributed by atoms with van der Waals surface area (Å²) in [5, 5.41) is 20.5. The van der Waals surface area contributed by atoms with Gasteiger partial charge in [-0.2, -0.15) is 0 Å². The third-order valence-electron chi connectivity index (χ3n) is 1.89. The third-order valence-corrected chi connectivity index (χ3v) is 2.10. The second-order valence-corrected chi connectivity index (χ2v) is 4.29. The highest BCUT2D eigenvalue weighted by Gasteiger charge is 2.06. The van der Waals surface area contributed by atoms with Crippen molar-refractivity contribution < 1.29 is 5.11 Å². The van der Waals surface area contributed by atoms with Crippen LogP contribution >= 0.6 is 11.6 Å². The summed E-state index contributed by atoms with van der Waals surface area (Å²) < 4.78 is 0. The average Bonchev–Trinajstić information content (AvgIpc) is 2.16. The molecule has 0 spiro atoms. The van der Waals surface area contributed by atoms with Crippen LogP contribution in [-0.2, 0) is 0 Å². The fraction of sp³-hybridized carbons (Fsp3) is 0.600. The van der Waals surface area contributed by atoms with Crippen molar-refractivity contribution in [2.45, 2.75) is 26.4 Å². The molecule has 0 amide bonds. The summed E-state index contributed by atoms with van der Waals surface area (Å²) in [7, 11) is 0. The molecular weight excluding hydrogens is 214 g/mol. The lowest BCUT2D eigenvalue weighted by Gasteiger charge is -2.13. The van der Waals surface area contributed by atoms with E-state index in [0.29, 0.717) is 23.4 Å². The van der Waals surface area contributed by atoms with Gasteiger partial charge in [-0.25, -0.2) is 0 Å². The molecule has 4 nitrogen and oxygen atoms in total. The van der Waals surface area contributed by atoms with Crippen molar-refractivity contribution in [2.75, 3.05) is 11.9 Å². The Morgan fingerprint density at radius 1 is 1.40 bits per heavy atom. The topological polar surface area (TPSA) is 58.0 Å². The standard InChI is InChI=1S/C10H16ClN3O/c1-7(2)5-8(15)6-12-10-4-3-9(11)13-14-10/h3-4,7-8,15H,5-6H2,1-2H3,(H,12,14). The third kappa shape index (κ3) is 4.95. The van der Waals surface area contributed by atoms with E-state index >= 15 is 0 Å². The fourth-order valence-electron chi connectivity index (χ4n) is 1.26. The van der Waals surface area contributed by atoms with Crippen molar-refractivity contribution in [3.8, 4) is 0 Å². The van der Waals surface area contributed by atoms with Crippen molar-refractivity contribution in [3.05, 3.63) is 17.3 Å². The molecule has 0 aliphatic carbocycles. The molecule has 1 rings (SSSR count). The molecule has 5 heteroatoms. The number of nitrogens with one attached hydrogen (secondary N) is 1. The van der Waals surface area contributed by atoms with Gasteiger partial charge in [-0.3, -0.25) is 0 Å². The zero-order chi connectivity index (χ0) is 11.3. The summed E-state index contributed by atoms with van der Waals surface area (Å²) in [6.07, 6.45) is 0.413. The van der Waals surface area contributed by atoms with Crippen LogP contribution in [0.3, 0.4) is 0 Å². The first-order valence-electron chi connectivity index (χ1n) is 4.99. The molecule has 2 N–H and O–H groups in total. The van der Waals surface area contributed by atoms with Gasteiger partial charge in [0.25, 0.3) is 0 Å². The van der Waals surface area contributed by atoms with Crippen LogP contribution in [0.2, 0.25) is 5.15 Å². The summed E-state index contributed by atoms with van der Waals surface area (Å²) in [5.74, 6) is 1.11. The maximum absolute atomic E-state index is 9.60. The Hall–Kier alpha value is -0.870. The smallest absolute Gasteiger partial charge is 0.151 e. The van der Waals surface area contributed by atoms with E-state index in [0.717, 1.165) is 6.42 Å². The molecule has 15 heavy (non-hydrogen) atoms. The van der Waals surface area contributed by atoms with Gasteiger partial charge in [0.05, 0.1) is 6.10 Å². The molecule has 1 atom stereocenters. The summed E-state index contributed by atoms with van der Waals surface area (Å²) in [6, 6.07) is 3.39. The van der Waals surface area contributed by atoms with Gasteiger partial charge in [-0.15, -0.1) is 10.2 Å². The van der Waals surface area contributed by atoms with Crippen molar-refractivity contribution in [2.24, 2.45) is 5.92 Å². The molecule has 1 aromatic heterocycles. The van der Waals surface area contributed by atoms with Gasteiger partial charge in [0.1, 0.15) is 5.82 Å². The molecule has 0 aromatic carbocycles. The predicted molar refractivity (Wildman–Crippen MR) is 61.0 cm³/mol. The summed E-state index contributed by atoms with van der Waals surface area (Å²) in [6.45, 7) is 4.63. The molecule has 0 radical (unpaired) electrons. The minimum Gasteiger partial charge on any atom is -0.391 e. The lowest BCUT2D eigenvalue weighted by Crippen LogP contribution is -2.21. The van der Waals surface area contributed by atoms with Gasteiger partial charge < -0.3 is 10.4 Å². The summed E-state index contributed by atoms with van der Waals surface area (Å²) in [4.78, 5) is 0. The van der Waals surface area contributed by atoms with Crippen LogP contribution in [-0.4, -0.2) is 28.0 Å². The van der Waals surface area contributed by atoms with Crippen LogP contribution in [0, 0.1) is 5.92 Å². The average molecular weight is 230 g/mol. The van der Waals surface area contributed by atoms with Crippen molar-refractivity contribution in [1.82, 2.24) is 10.2 Å². The second-order valence-electron chi connectivity index (χ2n) is 3.91. The molecule has 1 heterocycles. The van der Waals surface area contributed by atoms with Crippen LogP contribution < -0.4 is 5.32 Å². The molecule has 0 bridgehead atoms. The van der Waals surface area contributed by atoms with Gasteiger partial charge in [0.2, 0.25) is 0 Å². The van der Waals surface area contributed by atoms with E-state index in [4.69, 9.17) is 11.6 Å². The Labute approximate surface area is 94.7 Å². The first-order chi connectivity index (χ1) is 7.08. The van der Waals surface area contributed by atoms with Crippen LogP contribution in [0.4, 0.5) is 5.82 Å². The molecule has 0 fully saturated rings. The van der Waals surface area contributed by atoms with E-state index in [9.17, 15) is 5.11 Å². The molecule has 0 aliphatic rings. The second kappa shape index (κ2) is 5.88. The molecule has 0 saturated carbocycles. The number of aromatic nitrogens is 2. The van der Waals surface area contributed by atoms with Crippen LogP contribution in [0.25, 0.3) is 0 Å². The minimum atomic E-state index is -0.359. The van der Waals surface area contributed by atoms with E-state index in [1.54, 1.807) is 12.1 Å². The van der Waals surface area contributed by atoms with Crippen LogP contribution in [0.5, 0.6) is 0 Å². The van der Waals surface area contributed by atoms with Crippen molar-refractivity contribution in [3.63, 3.8) is 0 Å². The Morgan fingerprint density at radius 2 is 2.13 bits per heavy atom. The Morgan fingerprint density at radius 3 is 2.67 bits per heavy atom. The van der Waals surface area contributed by atoms with E-state index in [1.165, 1.54) is 0 Å². The zero-order valence-electron chi connectivity index (χ0n) is 8.94. The minimum absolute atomic E-state index is 0.359. The SMILES string of the molecule is CC(C)CC(O)CNc1ccc(Cl)nn1. The van der Waals surface area contributed by atoms with Crippen LogP contribution in [0.15, 0.2) is 12.1 Å². The maximum atomic E-state index is 9.60. The Balaban J connectivity index is 2.33. The van der Waals surface area contributed by atoms with Gasteiger partial charge in [-0.1, -0.05) is 25.4 Å². The fourth-order valence-corrected chi connectivity index (χ4v) is 1.36. The molecule has 0 aliphatic heterocycles. The monoisotopic (exact) mass is 229 g/mol. The number of hydrogen-bond donors (Lipinski definition) is 2. The maximum Gasteiger partial charge on any atom is 0.151 e. The molecule has 0 saturated heterocycles. The highest BCUT2D eigenvalue weighted by Crippen LogP contribution is 2.08. The number of rotatable bonds is 5.